The molecular formula is C20H41Br. The standard InChI is InChI=1S/C20H41Br/c1-17(2)9-6-10-18(3)11-7-12-19(4)13-8-14-20(5)15-16-21/h17-20H,6-16H2,1-5H3/t18-,19-,20+/m1/s1. The van der Waals surface area contributed by atoms with Crippen LogP contribution >= 0.6 is 15.9 Å². The molecule has 0 aromatic rings. The summed E-state index contributed by atoms with van der Waals surface area (Å²) in [6.45, 7) is 12.0. The van der Waals surface area contributed by atoms with Crippen molar-refractivity contribution < 1.29 is 0 Å². The van der Waals surface area contributed by atoms with Gasteiger partial charge in [-0.15, -0.1) is 0 Å². The van der Waals surface area contributed by atoms with E-state index in [0.29, 0.717) is 0 Å². The molecule has 0 N–H and O–H groups in total. The fraction of sp³-hybridized carbons (Fsp3) is 1.00. The lowest BCUT2D eigenvalue weighted by atomic mass is 9.91. The van der Waals surface area contributed by atoms with Gasteiger partial charge < -0.3 is 0 Å². The molecule has 128 valence electrons. The maximum absolute atomic E-state index is 3.54. The van der Waals surface area contributed by atoms with E-state index < -0.39 is 0 Å². The van der Waals surface area contributed by atoms with E-state index in [9.17, 15) is 0 Å². The van der Waals surface area contributed by atoms with Gasteiger partial charge in [0, 0.05) is 5.33 Å². The average molecular weight is 361 g/mol. The molecule has 0 aromatic heterocycles. The molecule has 0 saturated carbocycles. The molecule has 0 saturated heterocycles. The van der Waals surface area contributed by atoms with Crippen molar-refractivity contribution in [3.63, 3.8) is 0 Å². The predicted molar refractivity (Wildman–Crippen MR) is 102 cm³/mol. The lowest BCUT2D eigenvalue weighted by molar-refractivity contribution is 0.377. The minimum absolute atomic E-state index is 0.879. The Labute approximate surface area is 144 Å². The first kappa shape index (κ1) is 21.5. The molecule has 0 heterocycles. The van der Waals surface area contributed by atoms with Gasteiger partial charge in [0.2, 0.25) is 0 Å². The van der Waals surface area contributed by atoms with Gasteiger partial charge in [-0.2, -0.15) is 0 Å². The Morgan fingerprint density at radius 2 is 0.857 bits per heavy atom. The van der Waals surface area contributed by atoms with E-state index in [2.05, 4.69) is 50.5 Å². The fourth-order valence-electron chi connectivity index (χ4n) is 3.12. The smallest absolute Gasteiger partial charge is 0.00338 e. The first-order chi connectivity index (χ1) is 9.95. The van der Waals surface area contributed by atoms with Crippen LogP contribution in [0.2, 0.25) is 0 Å². The summed E-state index contributed by atoms with van der Waals surface area (Å²) in [6.07, 6.45) is 14.2. The SMILES string of the molecule is CC(C)CCC[C@@H](C)CCC[C@@H](C)CCC[C@H](C)CCBr. The molecule has 0 fully saturated rings. The van der Waals surface area contributed by atoms with Crippen LogP contribution < -0.4 is 0 Å². The zero-order valence-electron chi connectivity index (χ0n) is 15.5. The molecule has 0 amide bonds. The second kappa shape index (κ2) is 14.1. The van der Waals surface area contributed by atoms with Crippen molar-refractivity contribution in [2.45, 2.75) is 98.8 Å². The van der Waals surface area contributed by atoms with Gasteiger partial charge in [-0.25, -0.2) is 0 Å². The molecule has 0 bridgehead atoms. The van der Waals surface area contributed by atoms with E-state index in [1.165, 1.54) is 69.5 Å². The van der Waals surface area contributed by atoms with Gasteiger partial charge >= 0.3 is 0 Å². The Kier molecular flexibility index (Phi) is 14.4. The highest BCUT2D eigenvalue weighted by atomic mass is 79.9. The van der Waals surface area contributed by atoms with Crippen molar-refractivity contribution in [3.8, 4) is 0 Å². The van der Waals surface area contributed by atoms with Gasteiger partial charge in [0.25, 0.3) is 0 Å². The third-order valence-electron chi connectivity index (χ3n) is 4.87. The number of halogens is 1. The Bertz CT molecular complexity index is 212. The van der Waals surface area contributed by atoms with E-state index >= 15 is 0 Å². The molecule has 0 unspecified atom stereocenters. The molecular weight excluding hydrogens is 320 g/mol. The van der Waals surface area contributed by atoms with Crippen molar-refractivity contribution in [1.82, 2.24) is 0 Å². The largest absolute Gasteiger partial charge is 0.0928 e. The maximum Gasteiger partial charge on any atom is 0.00338 e. The quantitative estimate of drug-likeness (QED) is 0.276. The first-order valence-electron chi connectivity index (χ1n) is 9.51. The number of rotatable bonds is 14. The molecule has 0 nitrogen and oxygen atoms in total. The van der Waals surface area contributed by atoms with Gasteiger partial charge in [-0.3, -0.25) is 0 Å². The van der Waals surface area contributed by atoms with Crippen LogP contribution in [0.1, 0.15) is 98.8 Å². The van der Waals surface area contributed by atoms with Gasteiger partial charge in [-0.1, -0.05) is 108 Å². The summed E-state index contributed by atoms with van der Waals surface area (Å²) >= 11 is 3.54. The Morgan fingerprint density at radius 3 is 1.19 bits per heavy atom. The topological polar surface area (TPSA) is 0 Å². The second-order valence-corrected chi connectivity index (χ2v) is 8.77. The van der Waals surface area contributed by atoms with E-state index in [4.69, 9.17) is 0 Å². The molecule has 0 radical (unpaired) electrons. The molecule has 1 heteroatoms. The summed E-state index contributed by atoms with van der Waals surface area (Å²) < 4.78 is 0. The van der Waals surface area contributed by atoms with Crippen LogP contribution in [0, 0.1) is 23.7 Å². The monoisotopic (exact) mass is 360 g/mol. The molecule has 21 heavy (non-hydrogen) atoms. The third kappa shape index (κ3) is 15.2. The highest BCUT2D eigenvalue weighted by molar-refractivity contribution is 9.09. The minimum Gasteiger partial charge on any atom is -0.0928 e. The number of alkyl halides is 1. The van der Waals surface area contributed by atoms with Crippen LogP contribution in [0.4, 0.5) is 0 Å². The summed E-state index contributed by atoms with van der Waals surface area (Å²) in [4.78, 5) is 0. The van der Waals surface area contributed by atoms with Gasteiger partial charge in [-0.05, 0) is 30.1 Å². The van der Waals surface area contributed by atoms with Gasteiger partial charge in [0.05, 0.1) is 0 Å². The predicted octanol–water partition coefficient (Wildman–Crippen LogP) is 7.85. The lowest BCUT2D eigenvalue weighted by Crippen LogP contribution is -2.01. The summed E-state index contributed by atoms with van der Waals surface area (Å²) in [6, 6.07) is 0. The van der Waals surface area contributed by atoms with E-state index in [1.54, 1.807) is 0 Å². The lowest BCUT2D eigenvalue weighted by Gasteiger charge is -2.16. The van der Waals surface area contributed by atoms with Crippen molar-refractivity contribution >= 4 is 15.9 Å². The first-order valence-corrected chi connectivity index (χ1v) is 10.6. The maximum atomic E-state index is 3.54. The summed E-state index contributed by atoms with van der Waals surface area (Å²) in [5.41, 5.74) is 0. The summed E-state index contributed by atoms with van der Waals surface area (Å²) in [5, 5.41) is 1.17. The number of hydrogen-bond acceptors (Lipinski definition) is 0. The van der Waals surface area contributed by atoms with Crippen LogP contribution in [0.3, 0.4) is 0 Å². The molecule has 0 aliphatic carbocycles. The molecule has 0 aliphatic heterocycles. The van der Waals surface area contributed by atoms with Crippen LogP contribution in [0.25, 0.3) is 0 Å². The Hall–Kier alpha value is 0.480. The molecule has 0 aliphatic rings. The highest BCUT2D eigenvalue weighted by Crippen LogP contribution is 2.22. The third-order valence-corrected chi connectivity index (χ3v) is 5.33. The van der Waals surface area contributed by atoms with Gasteiger partial charge in [0.1, 0.15) is 0 Å². The molecule has 0 aromatic carbocycles. The average Bonchev–Trinajstić information content (AvgIpc) is 2.38. The van der Waals surface area contributed by atoms with Crippen molar-refractivity contribution in [1.29, 1.82) is 0 Å². The second-order valence-electron chi connectivity index (χ2n) is 7.98. The van der Waals surface area contributed by atoms with Gasteiger partial charge in [0.15, 0.2) is 0 Å². The van der Waals surface area contributed by atoms with Crippen LogP contribution in [-0.4, -0.2) is 5.33 Å². The Balaban J connectivity index is 3.45. The van der Waals surface area contributed by atoms with E-state index in [1.807, 2.05) is 0 Å². The minimum atomic E-state index is 0.879. The molecule has 3 atom stereocenters. The summed E-state index contributed by atoms with van der Waals surface area (Å²) in [5.74, 6) is 3.65. The zero-order valence-corrected chi connectivity index (χ0v) is 17.1. The van der Waals surface area contributed by atoms with Crippen LogP contribution in [0.5, 0.6) is 0 Å². The van der Waals surface area contributed by atoms with Crippen molar-refractivity contribution in [3.05, 3.63) is 0 Å². The Morgan fingerprint density at radius 1 is 0.524 bits per heavy atom. The summed E-state index contributed by atoms with van der Waals surface area (Å²) in [7, 11) is 0. The molecule has 0 spiro atoms. The number of hydrogen-bond donors (Lipinski definition) is 0. The van der Waals surface area contributed by atoms with Crippen molar-refractivity contribution in [2.75, 3.05) is 5.33 Å². The zero-order chi connectivity index (χ0) is 16.1. The normalized spacial score (nSPS) is 16.1. The van der Waals surface area contributed by atoms with E-state index in [-0.39, 0.29) is 0 Å². The van der Waals surface area contributed by atoms with Crippen LogP contribution in [0.15, 0.2) is 0 Å². The molecule has 0 rings (SSSR count). The van der Waals surface area contributed by atoms with Crippen molar-refractivity contribution in [2.24, 2.45) is 23.7 Å². The highest BCUT2D eigenvalue weighted by Gasteiger charge is 2.07. The fourth-order valence-corrected chi connectivity index (χ4v) is 3.90. The van der Waals surface area contributed by atoms with E-state index in [0.717, 1.165) is 23.7 Å². The van der Waals surface area contributed by atoms with Crippen LogP contribution in [-0.2, 0) is 0 Å².